The Kier molecular flexibility index (Phi) is 11.0. The predicted molar refractivity (Wildman–Crippen MR) is 153 cm³/mol. The molecule has 0 heterocycles. The zero-order chi connectivity index (χ0) is 28.4. The van der Waals surface area contributed by atoms with Gasteiger partial charge in [0.1, 0.15) is 24.1 Å². The van der Waals surface area contributed by atoms with Gasteiger partial charge < -0.3 is 19.7 Å². The van der Waals surface area contributed by atoms with Crippen LogP contribution in [0, 0.1) is 0 Å². The lowest BCUT2D eigenvalue weighted by atomic mass is 9.95. The summed E-state index contributed by atoms with van der Waals surface area (Å²) < 4.78 is 37.6. The highest BCUT2D eigenvalue weighted by Gasteiger charge is 2.33. The van der Waals surface area contributed by atoms with Crippen LogP contribution in [-0.4, -0.2) is 70.8 Å². The molecule has 1 aliphatic rings. The average Bonchev–Trinajstić information content (AvgIpc) is 2.93. The van der Waals surface area contributed by atoms with E-state index in [0.717, 1.165) is 41.8 Å². The van der Waals surface area contributed by atoms with E-state index in [9.17, 15) is 18.0 Å². The normalized spacial score (nSPS) is 14.8. The van der Waals surface area contributed by atoms with E-state index in [2.05, 4.69) is 5.32 Å². The number of carbonyl (C=O) groups excluding carboxylic acids is 2. The topological polar surface area (TPSA) is 105 Å². The van der Waals surface area contributed by atoms with Gasteiger partial charge in [0.2, 0.25) is 21.8 Å². The molecule has 1 aliphatic carbocycles. The first-order chi connectivity index (χ1) is 18.7. The summed E-state index contributed by atoms with van der Waals surface area (Å²) in [6, 6.07) is 13.8. The van der Waals surface area contributed by atoms with Gasteiger partial charge in [-0.25, -0.2) is 8.42 Å². The molecule has 0 aliphatic heterocycles. The fourth-order valence-corrected chi connectivity index (χ4v) is 5.87. The minimum Gasteiger partial charge on any atom is -0.497 e. The van der Waals surface area contributed by atoms with E-state index in [1.807, 2.05) is 37.3 Å². The highest BCUT2D eigenvalue weighted by Crippen LogP contribution is 2.34. The van der Waals surface area contributed by atoms with Gasteiger partial charge in [0.25, 0.3) is 0 Å². The quantitative estimate of drug-likeness (QED) is 0.401. The lowest BCUT2D eigenvalue weighted by Gasteiger charge is -2.34. The van der Waals surface area contributed by atoms with Crippen molar-refractivity contribution in [3.63, 3.8) is 0 Å². The molecular weight excluding hydrogens is 518 g/mol. The van der Waals surface area contributed by atoms with Crippen molar-refractivity contribution in [2.75, 3.05) is 37.9 Å². The molecule has 0 aromatic heterocycles. The first-order valence-corrected chi connectivity index (χ1v) is 15.4. The van der Waals surface area contributed by atoms with E-state index in [4.69, 9.17) is 9.47 Å². The number of benzene rings is 2. The predicted octanol–water partition coefficient (Wildman–Crippen LogP) is 3.77. The van der Waals surface area contributed by atoms with Crippen molar-refractivity contribution in [2.45, 2.75) is 64.0 Å². The Morgan fingerprint density at radius 3 is 2.31 bits per heavy atom. The molecule has 2 aromatic carbocycles. The maximum atomic E-state index is 13.9. The van der Waals surface area contributed by atoms with E-state index in [1.54, 1.807) is 12.1 Å². The number of hydrogen-bond acceptors (Lipinski definition) is 6. The van der Waals surface area contributed by atoms with Gasteiger partial charge in [-0.1, -0.05) is 56.5 Å². The second-order valence-electron chi connectivity index (χ2n) is 9.90. The summed E-state index contributed by atoms with van der Waals surface area (Å²) in [6.45, 7) is 1.66. The molecule has 0 spiro atoms. The molecular formula is C29H41N3O6S. The Balaban J connectivity index is 1.92. The van der Waals surface area contributed by atoms with Crippen LogP contribution in [0.1, 0.15) is 51.0 Å². The highest BCUT2D eigenvalue weighted by molar-refractivity contribution is 7.92. The molecule has 9 nitrogen and oxygen atoms in total. The number of nitrogens with zero attached hydrogens (tertiary/aromatic N) is 2. The Hall–Kier alpha value is -3.27. The second kappa shape index (κ2) is 14.2. The van der Waals surface area contributed by atoms with Crippen LogP contribution in [0.15, 0.2) is 48.5 Å². The molecule has 1 fully saturated rings. The van der Waals surface area contributed by atoms with Crippen LogP contribution in [0.2, 0.25) is 0 Å². The number of amides is 2. The van der Waals surface area contributed by atoms with E-state index in [0.29, 0.717) is 18.6 Å². The third-order valence-electron chi connectivity index (χ3n) is 7.16. The van der Waals surface area contributed by atoms with E-state index < -0.39 is 28.5 Å². The second-order valence-corrected chi connectivity index (χ2v) is 11.8. The van der Waals surface area contributed by atoms with Crippen LogP contribution >= 0.6 is 0 Å². The summed E-state index contributed by atoms with van der Waals surface area (Å²) in [5.41, 5.74) is 1.21. The van der Waals surface area contributed by atoms with Crippen molar-refractivity contribution in [2.24, 2.45) is 0 Å². The van der Waals surface area contributed by atoms with Gasteiger partial charge in [0.05, 0.1) is 26.2 Å². The van der Waals surface area contributed by atoms with Crippen molar-refractivity contribution >= 4 is 27.5 Å². The molecule has 39 heavy (non-hydrogen) atoms. The summed E-state index contributed by atoms with van der Waals surface area (Å²) >= 11 is 0. The number of ether oxygens (including phenoxy) is 2. The molecule has 1 saturated carbocycles. The lowest BCUT2D eigenvalue weighted by molar-refractivity contribution is -0.140. The lowest BCUT2D eigenvalue weighted by Crippen LogP contribution is -2.54. The minimum absolute atomic E-state index is 0.0972. The molecule has 2 aromatic rings. The molecule has 10 heteroatoms. The summed E-state index contributed by atoms with van der Waals surface area (Å²) in [4.78, 5) is 28.9. The monoisotopic (exact) mass is 559 g/mol. The van der Waals surface area contributed by atoms with Gasteiger partial charge >= 0.3 is 0 Å². The number of hydrogen-bond donors (Lipinski definition) is 1. The molecule has 0 bridgehead atoms. The zero-order valence-electron chi connectivity index (χ0n) is 23.4. The van der Waals surface area contributed by atoms with Crippen LogP contribution in [0.25, 0.3) is 0 Å². The number of sulfonamides is 1. The number of rotatable bonds is 13. The fraction of sp³-hybridized carbons (Fsp3) is 0.517. The Morgan fingerprint density at radius 2 is 1.72 bits per heavy atom. The van der Waals surface area contributed by atoms with Gasteiger partial charge in [0, 0.05) is 18.7 Å². The largest absolute Gasteiger partial charge is 0.497 e. The maximum Gasteiger partial charge on any atom is 0.244 e. The van der Waals surface area contributed by atoms with E-state index >= 15 is 0 Å². The third-order valence-corrected chi connectivity index (χ3v) is 8.28. The van der Waals surface area contributed by atoms with Crippen molar-refractivity contribution in [1.29, 1.82) is 0 Å². The van der Waals surface area contributed by atoms with Gasteiger partial charge in [-0.05, 0) is 43.4 Å². The number of anilines is 1. The molecule has 214 valence electrons. The minimum atomic E-state index is -3.90. The molecule has 2 amide bonds. The van der Waals surface area contributed by atoms with Crippen LogP contribution in [0.4, 0.5) is 5.69 Å². The van der Waals surface area contributed by atoms with Gasteiger partial charge in [-0.2, -0.15) is 0 Å². The van der Waals surface area contributed by atoms with Crippen molar-refractivity contribution < 1.29 is 27.5 Å². The molecule has 1 N–H and O–H groups in total. The molecule has 3 rings (SSSR count). The summed E-state index contributed by atoms with van der Waals surface area (Å²) in [6.07, 6.45) is 7.14. The number of methoxy groups -OCH3 is 2. The Bertz CT molecular complexity index is 1200. The van der Waals surface area contributed by atoms with Crippen LogP contribution in [0.3, 0.4) is 0 Å². The standard InChI is InChI=1S/C29H41N3O6S/c1-5-25(29(34)30-23-14-10-7-11-15-23)31(19-18-22-12-8-6-9-13-22)28(33)21-32(39(4,35)36)26-20-24(37-2)16-17-27(26)38-3/h6,8-9,12-13,16-17,20,23,25H,5,7,10-11,14-15,18-19,21H2,1-4H3,(H,30,34). The average molecular weight is 560 g/mol. The van der Waals surface area contributed by atoms with Crippen LogP contribution in [0.5, 0.6) is 11.5 Å². The summed E-state index contributed by atoms with van der Waals surface area (Å²) in [5.74, 6) is 0.0422. The van der Waals surface area contributed by atoms with E-state index in [1.165, 1.54) is 31.6 Å². The number of carbonyl (C=O) groups is 2. The van der Waals surface area contributed by atoms with Crippen molar-refractivity contribution in [1.82, 2.24) is 10.2 Å². The van der Waals surface area contributed by atoms with Crippen LogP contribution in [-0.2, 0) is 26.0 Å². The Labute approximate surface area is 232 Å². The molecule has 0 saturated heterocycles. The van der Waals surface area contributed by atoms with Crippen molar-refractivity contribution in [3.05, 3.63) is 54.1 Å². The maximum absolute atomic E-state index is 13.9. The van der Waals surface area contributed by atoms with E-state index in [-0.39, 0.29) is 29.9 Å². The number of nitrogens with one attached hydrogen (secondary N) is 1. The summed E-state index contributed by atoms with van der Waals surface area (Å²) in [7, 11) is -0.988. The fourth-order valence-electron chi connectivity index (χ4n) is 5.03. The Morgan fingerprint density at radius 1 is 1.03 bits per heavy atom. The zero-order valence-corrected chi connectivity index (χ0v) is 24.2. The first-order valence-electron chi connectivity index (χ1n) is 13.5. The molecule has 1 unspecified atom stereocenters. The summed E-state index contributed by atoms with van der Waals surface area (Å²) in [5, 5.41) is 3.15. The molecule has 1 atom stereocenters. The molecule has 0 radical (unpaired) electrons. The smallest absolute Gasteiger partial charge is 0.244 e. The van der Waals surface area contributed by atoms with Gasteiger partial charge in [-0.3, -0.25) is 13.9 Å². The van der Waals surface area contributed by atoms with Crippen molar-refractivity contribution in [3.8, 4) is 11.5 Å². The highest BCUT2D eigenvalue weighted by atomic mass is 32.2. The SMILES string of the molecule is CCC(C(=O)NC1CCCCC1)N(CCc1ccccc1)C(=O)CN(c1cc(OC)ccc1OC)S(C)(=O)=O. The third kappa shape index (κ3) is 8.36. The van der Waals surface area contributed by atoms with Gasteiger partial charge in [-0.15, -0.1) is 0 Å². The first kappa shape index (κ1) is 30.3. The van der Waals surface area contributed by atoms with Crippen LogP contribution < -0.4 is 19.1 Å². The van der Waals surface area contributed by atoms with Gasteiger partial charge in [0.15, 0.2) is 0 Å².